The number of aryl methyl sites for hydroxylation is 2. The Labute approximate surface area is 179 Å². The zero-order valence-electron chi connectivity index (χ0n) is 17.3. The van der Waals surface area contributed by atoms with Crippen molar-refractivity contribution in [3.05, 3.63) is 64.7 Å². The molecule has 0 radical (unpaired) electrons. The van der Waals surface area contributed by atoms with E-state index in [-0.39, 0.29) is 37.6 Å². The normalized spacial score (nSPS) is 15.8. The number of rotatable bonds is 5. The Bertz CT molecular complexity index is 1100. The molecule has 0 N–H and O–H groups in total. The molecular weight excluding hydrogens is 398 g/mol. The summed E-state index contributed by atoms with van der Waals surface area (Å²) in [6.45, 7) is 3.58. The Balaban J connectivity index is 1.42. The summed E-state index contributed by atoms with van der Waals surface area (Å²) in [6, 6.07) is 12.2. The van der Waals surface area contributed by atoms with E-state index in [9.17, 15) is 19.2 Å². The molecule has 0 aliphatic carbocycles. The van der Waals surface area contributed by atoms with Crippen LogP contribution >= 0.6 is 0 Å². The Morgan fingerprint density at radius 3 is 2.35 bits per heavy atom. The molecule has 3 amide bonds. The van der Waals surface area contributed by atoms with E-state index in [1.165, 1.54) is 5.01 Å². The number of esters is 1. The van der Waals surface area contributed by atoms with Crippen LogP contribution in [0.2, 0.25) is 0 Å². The van der Waals surface area contributed by atoms with Gasteiger partial charge in [-0.15, -0.1) is 0 Å². The summed E-state index contributed by atoms with van der Waals surface area (Å²) >= 11 is 0. The van der Waals surface area contributed by atoms with Crippen LogP contribution < -0.4 is 5.01 Å². The molecule has 0 unspecified atom stereocenters. The second kappa shape index (κ2) is 8.14. The summed E-state index contributed by atoms with van der Waals surface area (Å²) in [6.07, 6.45) is 0.311. The summed E-state index contributed by atoms with van der Waals surface area (Å²) < 4.78 is 5.26. The lowest BCUT2D eigenvalue weighted by atomic mass is 10.1. The molecule has 0 atom stereocenters. The standard InChI is InChI=1S/C23H21N3O5/c1-14-7-8-15(2)19(13-14)26-20(27)10-9-18(24-26)23(30)31-12-11-25-21(28)16-5-3-4-6-17(16)22(25)29/h3-8,13H,9-12H2,1-2H3. The minimum Gasteiger partial charge on any atom is -0.459 e. The predicted octanol–water partition coefficient (Wildman–Crippen LogP) is 2.63. The molecule has 2 heterocycles. The summed E-state index contributed by atoms with van der Waals surface area (Å²) in [5, 5.41) is 5.47. The number of hydrogen-bond acceptors (Lipinski definition) is 6. The quantitative estimate of drug-likeness (QED) is 0.548. The number of imide groups is 1. The van der Waals surface area contributed by atoms with E-state index in [0.29, 0.717) is 16.8 Å². The number of carbonyl (C=O) groups is 4. The number of ether oxygens (including phenoxy) is 1. The van der Waals surface area contributed by atoms with Crippen molar-refractivity contribution in [2.45, 2.75) is 26.7 Å². The minimum atomic E-state index is -0.667. The maximum Gasteiger partial charge on any atom is 0.354 e. The van der Waals surface area contributed by atoms with Crippen LogP contribution in [0.5, 0.6) is 0 Å². The average molecular weight is 419 g/mol. The molecule has 2 aromatic rings. The average Bonchev–Trinajstić information content (AvgIpc) is 3.01. The molecule has 0 bridgehead atoms. The van der Waals surface area contributed by atoms with Crippen LogP contribution in [0.15, 0.2) is 47.6 Å². The third kappa shape index (κ3) is 3.84. The van der Waals surface area contributed by atoms with Gasteiger partial charge < -0.3 is 4.74 Å². The SMILES string of the molecule is Cc1ccc(C)c(N2N=C(C(=O)OCCN3C(=O)c4ccccc4C3=O)CCC2=O)c1. The van der Waals surface area contributed by atoms with Gasteiger partial charge in [-0.3, -0.25) is 19.3 Å². The van der Waals surface area contributed by atoms with Crippen molar-refractivity contribution in [1.82, 2.24) is 4.90 Å². The molecule has 8 nitrogen and oxygen atoms in total. The number of hydrazone groups is 1. The Morgan fingerprint density at radius 1 is 1.00 bits per heavy atom. The molecule has 8 heteroatoms. The van der Waals surface area contributed by atoms with Crippen molar-refractivity contribution in [2.75, 3.05) is 18.2 Å². The lowest BCUT2D eigenvalue weighted by Crippen LogP contribution is -2.37. The monoisotopic (exact) mass is 419 g/mol. The van der Waals surface area contributed by atoms with E-state index in [1.54, 1.807) is 24.3 Å². The van der Waals surface area contributed by atoms with Crippen molar-refractivity contribution >= 4 is 35.1 Å². The van der Waals surface area contributed by atoms with Crippen molar-refractivity contribution < 1.29 is 23.9 Å². The van der Waals surface area contributed by atoms with Gasteiger partial charge in [0, 0.05) is 12.8 Å². The van der Waals surface area contributed by atoms with Gasteiger partial charge in [0.25, 0.3) is 11.8 Å². The number of benzene rings is 2. The minimum absolute atomic E-state index is 0.0506. The van der Waals surface area contributed by atoms with Crippen LogP contribution in [0.25, 0.3) is 0 Å². The van der Waals surface area contributed by atoms with Crippen LogP contribution in [0, 0.1) is 13.8 Å². The first-order valence-electron chi connectivity index (χ1n) is 9.97. The summed E-state index contributed by atoms with van der Waals surface area (Å²) in [5.74, 6) is -1.67. The first-order chi connectivity index (χ1) is 14.9. The smallest absolute Gasteiger partial charge is 0.354 e. The first-order valence-corrected chi connectivity index (χ1v) is 9.97. The first kappa shape index (κ1) is 20.5. The van der Waals surface area contributed by atoms with E-state index in [2.05, 4.69) is 5.10 Å². The number of fused-ring (bicyclic) bond motifs is 1. The number of hydrogen-bond donors (Lipinski definition) is 0. The fourth-order valence-electron chi connectivity index (χ4n) is 3.59. The number of nitrogens with zero attached hydrogens (tertiary/aromatic N) is 3. The molecule has 31 heavy (non-hydrogen) atoms. The molecular formula is C23H21N3O5. The number of anilines is 1. The van der Waals surface area contributed by atoms with Crippen molar-refractivity contribution in [3.63, 3.8) is 0 Å². The van der Waals surface area contributed by atoms with Crippen LogP contribution in [0.1, 0.15) is 44.7 Å². The van der Waals surface area contributed by atoms with Gasteiger partial charge in [-0.05, 0) is 43.2 Å². The Kier molecular flexibility index (Phi) is 5.37. The molecule has 0 saturated carbocycles. The molecule has 2 aliphatic heterocycles. The molecule has 4 rings (SSSR count). The lowest BCUT2D eigenvalue weighted by Gasteiger charge is -2.24. The highest BCUT2D eigenvalue weighted by Gasteiger charge is 2.35. The molecule has 0 aromatic heterocycles. The highest BCUT2D eigenvalue weighted by molar-refractivity contribution is 6.38. The van der Waals surface area contributed by atoms with Gasteiger partial charge >= 0.3 is 5.97 Å². The van der Waals surface area contributed by atoms with Gasteiger partial charge in [-0.25, -0.2) is 4.79 Å². The van der Waals surface area contributed by atoms with Crippen LogP contribution in [-0.2, 0) is 14.3 Å². The molecule has 0 spiro atoms. The van der Waals surface area contributed by atoms with E-state index >= 15 is 0 Å². The highest BCUT2D eigenvalue weighted by atomic mass is 16.5. The second-order valence-electron chi connectivity index (χ2n) is 7.49. The van der Waals surface area contributed by atoms with Gasteiger partial charge in [0.2, 0.25) is 5.91 Å². The number of amides is 3. The summed E-state index contributed by atoms with van der Waals surface area (Å²) in [7, 11) is 0. The third-order valence-corrected chi connectivity index (χ3v) is 5.29. The molecule has 2 aliphatic rings. The Hall–Kier alpha value is -3.81. The zero-order valence-corrected chi connectivity index (χ0v) is 17.3. The maximum absolute atomic E-state index is 12.5. The van der Waals surface area contributed by atoms with E-state index in [0.717, 1.165) is 16.0 Å². The maximum atomic E-state index is 12.5. The summed E-state index contributed by atoms with van der Waals surface area (Å²) in [5.41, 5.74) is 3.28. The second-order valence-corrected chi connectivity index (χ2v) is 7.49. The number of carbonyl (C=O) groups excluding carboxylic acids is 4. The van der Waals surface area contributed by atoms with E-state index < -0.39 is 17.8 Å². The van der Waals surface area contributed by atoms with Crippen LogP contribution in [0.3, 0.4) is 0 Å². The van der Waals surface area contributed by atoms with Gasteiger partial charge in [0.05, 0.1) is 23.4 Å². The fraction of sp³-hybridized carbons (Fsp3) is 0.261. The van der Waals surface area contributed by atoms with Crippen LogP contribution in [-0.4, -0.2) is 47.5 Å². The zero-order chi connectivity index (χ0) is 22.1. The van der Waals surface area contributed by atoms with E-state index in [1.807, 2.05) is 32.0 Å². The third-order valence-electron chi connectivity index (χ3n) is 5.29. The van der Waals surface area contributed by atoms with Gasteiger partial charge in [-0.2, -0.15) is 10.1 Å². The van der Waals surface area contributed by atoms with Crippen molar-refractivity contribution in [2.24, 2.45) is 5.10 Å². The highest BCUT2D eigenvalue weighted by Crippen LogP contribution is 2.26. The molecule has 2 aromatic carbocycles. The van der Waals surface area contributed by atoms with E-state index in [4.69, 9.17) is 4.74 Å². The van der Waals surface area contributed by atoms with Crippen molar-refractivity contribution in [1.29, 1.82) is 0 Å². The molecule has 0 fully saturated rings. The van der Waals surface area contributed by atoms with Crippen LogP contribution in [0.4, 0.5) is 5.69 Å². The largest absolute Gasteiger partial charge is 0.459 e. The van der Waals surface area contributed by atoms with Gasteiger partial charge in [0.15, 0.2) is 0 Å². The van der Waals surface area contributed by atoms with Gasteiger partial charge in [0.1, 0.15) is 12.3 Å². The fourth-order valence-corrected chi connectivity index (χ4v) is 3.59. The molecule has 158 valence electrons. The van der Waals surface area contributed by atoms with Crippen molar-refractivity contribution in [3.8, 4) is 0 Å². The Morgan fingerprint density at radius 2 is 1.68 bits per heavy atom. The lowest BCUT2D eigenvalue weighted by molar-refractivity contribution is -0.136. The summed E-state index contributed by atoms with van der Waals surface area (Å²) in [4.78, 5) is 50.7. The molecule has 0 saturated heterocycles. The topological polar surface area (TPSA) is 96.3 Å². The predicted molar refractivity (Wildman–Crippen MR) is 113 cm³/mol. The van der Waals surface area contributed by atoms with Gasteiger partial charge in [-0.1, -0.05) is 24.3 Å².